The minimum absolute atomic E-state index is 0.363. The van der Waals surface area contributed by atoms with Crippen molar-refractivity contribution in [1.82, 2.24) is 0 Å². The van der Waals surface area contributed by atoms with E-state index in [-0.39, 0.29) is 13.2 Å². The molecule has 0 radical (unpaired) electrons. The fourth-order valence-corrected chi connectivity index (χ4v) is 4.95. The molecule has 0 heterocycles. The molecule has 0 aliphatic heterocycles. The van der Waals surface area contributed by atoms with E-state index >= 15 is 0 Å². The summed E-state index contributed by atoms with van der Waals surface area (Å²) in [6, 6.07) is 6.87. The zero-order valence-corrected chi connectivity index (χ0v) is 11.4. The molecule has 0 bridgehead atoms. The van der Waals surface area contributed by atoms with E-state index in [1.807, 2.05) is 0 Å². The first-order chi connectivity index (χ1) is 8.36. The second-order valence-corrected chi connectivity index (χ2v) is 7.44. The van der Waals surface area contributed by atoms with Gasteiger partial charge in [-0.05, 0) is 17.7 Å². The molecule has 18 heavy (non-hydrogen) atoms. The number of aliphatic hydroxyl groups excluding tert-OH is 2. The van der Waals surface area contributed by atoms with Crippen molar-refractivity contribution < 1.29 is 18.6 Å². The van der Waals surface area contributed by atoms with Crippen molar-refractivity contribution in [3.63, 3.8) is 0 Å². The van der Waals surface area contributed by atoms with Gasteiger partial charge in [0.25, 0.3) is 0 Å². The van der Waals surface area contributed by atoms with Crippen LogP contribution in [-0.2, 0) is 9.84 Å². The van der Waals surface area contributed by atoms with Crippen molar-refractivity contribution in [3.05, 3.63) is 34.9 Å². The molecule has 1 saturated carbocycles. The van der Waals surface area contributed by atoms with Crippen molar-refractivity contribution in [2.45, 2.75) is 11.2 Å². The molecular weight excluding hydrogens is 276 g/mol. The molecule has 0 saturated heterocycles. The second kappa shape index (κ2) is 4.49. The monoisotopic (exact) mass is 290 g/mol. The Bertz CT molecular complexity index is 551. The van der Waals surface area contributed by atoms with Crippen molar-refractivity contribution >= 4 is 21.4 Å². The maximum Gasteiger partial charge on any atom is 0.151 e. The molecule has 2 rings (SSSR count). The van der Waals surface area contributed by atoms with E-state index in [1.54, 1.807) is 24.3 Å². The first-order valence-electron chi connectivity index (χ1n) is 5.53. The molecule has 0 spiro atoms. The van der Waals surface area contributed by atoms with Crippen LogP contribution in [0.25, 0.3) is 0 Å². The molecule has 100 valence electrons. The molecule has 4 nitrogen and oxygen atoms in total. The lowest BCUT2D eigenvalue weighted by molar-refractivity contribution is 0.130. The highest BCUT2D eigenvalue weighted by Crippen LogP contribution is 2.62. The van der Waals surface area contributed by atoms with Gasteiger partial charge < -0.3 is 10.2 Å². The Morgan fingerprint density at radius 3 is 2.33 bits per heavy atom. The Morgan fingerprint density at radius 2 is 1.94 bits per heavy atom. The number of hydrogen-bond donors (Lipinski definition) is 2. The van der Waals surface area contributed by atoms with Crippen LogP contribution in [-0.4, -0.2) is 43.4 Å². The summed E-state index contributed by atoms with van der Waals surface area (Å²) in [5.74, 6) is -0.402. The van der Waals surface area contributed by atoms with Crippen LogP contribution in [0, 0.1) is 5.41 Å². The van der Waals surface area contributed by atoms with Crippen molar-refractivity contribution in [1.29, 1.82) is 0 Å². The highest BCUT2D eigenvalue weighted by molar-refractivity contribution is 7.91. The van der Waals surface area contributed by atoms with Gasteiger partial charge in [0, 0.05) is 22.6 Å². The van der Waals surface area contributed by atoms with Gasteiger partial charge in [-0.25, -0.2) is 8.42 Å². The van der Waals surface area contributed by atoms with Gasteiger partial charge in [0.1, 0.15) is 0 Å². The van der Waals surface area contributed by atoms with Gasteiger partial charge in [-0.1, -0.05) is 23.7 Å². The summed E-state index contributed by atoms with van der Waals surface area (Å²) < 4.78 is 23.5. The summed E-state index contributed by atoms with van der Waals surface area (Å²) in [5, 5.41) is 18.6. The Morgan fingerprint density at radius 1 is 1.33 bits per heavy atom. The van der Waals surface area contributed by atoms with Crippen LogP contribution in [0.5, 0.6) is 0 Å². The predicted octanol–water partition coefficient (Wildman–Crippen LogP) is 0.821. The zero-order chi connectivity index (χ0) is 13.6. The average Bonchev–Trinajstić information content (AvgIpc) is 2.98. The normalized spacial score (nSPS) is 26.0. The summed E-state index contributed by atoms with van der Waals surface area (Å²) >= 11 is 5.88. The fraction of sp³-hybridized carbons (Fsp3) is 0.500. The molecular formula is C12H15ClO4S. The Labute approximate surface area is 111 Å². The predicted molar refractivity (Wildman–Crippen MR) is 69.4 cm³/mol. The third kappa shape index (κ3) is 2.05. The van der Waals surface area contributed by atoms with Gasteiger partial charge in [0.05, 0.1) is 18.5 Å². The van der Waals surface area contributed by atoms with Gasteiger partial charge in [0.15, 0.2) is 9.84 Å². The summed E-state index contributed by atoms with van der Waals surface area (Å²) in [4.78, 5) is 0. The van der Waals surface area contributed by atoms with Crippen LogP contribution in [0.3, 0.4) is 0 Å². The highest BCUT2D eigenvalue weighted by Gasteiger charge is 2.69. The fourth-order valence-electron chi connectivity index (χ4n) is 2.76. The molecule has 1 aliphatic carbocycles. The van der Waals surface area contributed by atoms with Crippen molar-refractivity contribution in [2.24, 2.45) is 5.41 Å². The Hall–Kier alpha value is -0.620. The van der Waals surface area contributed by atoms with E-state index in [4.69, 9.17) is 11.6 Å². The number of benzene rings is 1. The molecule has 1 aromatic carbocycles. The Balaban J connectivity index is 2.45. The summed E-state index contributed by atoms with van der Waals surface area (Å²) in [5.41, 5.74) is -0.251. The molecule has 1 aromatic rings. The largest absolute Gasteiger partial charge is 0.396 e. The van der Waals surface area contributed by atoms with Crippen LogP contribution in [0.4, 0.5) is 0 Å². The van der Waals surface area contributed by atoms with E-state index in [1.165, 1.54) is 0 Å². The standard InChI is InChI=1S/C12H15ClO4S/c1-18(16,17)11-10(12(11,6-14)7-15)8-3-2-4-9(13)5-8/h2-5,10-11,14-15H,6-7H2,1H3/t10-,11-/m0/s1. The molecule has 0 amide bonds. The van der Waals surface area contributed by atoms with Gasteiger partial charge in [-0.3, -0.25) is 0 Å². The van der Waals surface area contributed by atoms with Gasteiger partial charge in [0.2, 0.25) is 0 Å². The van der Waals surface area contributed by atoms with Gasteiger partial charge in [-0.2, -0.15) is 0 Å². The average molecular weight is 291 g/mol. The van der Waals surface area contributed by atoms with Crippen LogP contribution < -0.4 is 0 Å². The third-order valence-corrected chi connectivity index (χ3v) is 5.54. The Kier molecular flexibility index (Phi) is 3.44. The SMILES string of the molecule is CS(=O)(=O)[C@H]1[C@H](c2cccc(Cl)c2)C1(CO)CO. The van der Waals surface area contributed by atoms with Crippen LogP contribution in [0.1, 0.15) is 11.5 Å². The van der Waals surface area contributed by atoms with Crippen LogP contribution >= 0.6 is 11.6 Å². The van der Waals surface area contributed by atoms with E-state index in [9.17, 15) is 18.6 Å². The van der Waals surface area contributed by atoms with E-state index in [0.717, 1.165) is 11.8 Å². The summed E-state index contributed by atoms with van der Waals surface area (Å²) in [6.45, 7) is -0.725. The number of sulfone groups is 1. The van der Waals surface area contributed by atoms with Crippen LogP contribution in [0.15, 0.2) is 24.3 Å². The van der Waals surface area contributed by atoms with Gasteiger partial charge >= 0.3 is 0 Å². The van der Waals surface area contributed by atoms with E-state index < -0.39 is 26.4 Å². The van der Waals surface area contributed by atoms with Crippen LogP contribution in [0.2, 0.25) is 5.02 Å². The molecule has 1 aliphatic rings. The lowest BCUT2D eigenvalue weighted by atomic mass is 10.0. The molecule has 2 atom stereocenters. The molecule has 1 fully saturated rings. The first kappa shape index (κ1) is 13.8. The quantitative estimate of drug-likeness (QED) is 0.861. The summed E-state index contributed by atoms with van der Waals surface area (Å²) in [6.07, 6.45) is 1.13. The third-order valence-electron chi connectivity index (χ3n) is 3.64. The molecule has 0 unspecified atom stereocenters. The molecule has 0 aromatic heterocycles. The highest BCUT2D eigenvalue weighted by atomic mass is 35.5. The van der Waals surface area contributed by atoms with Gasteiger partial charge in [-0.15, -0.1) is 0 Å². The second-order valence-electron chi connectivity index (χ2n) is 4.83. The minimum atomic E-state index is -3.33. The number of halogens is 1. The number of aliphatic hydroxyl groups is 2. The lowest BCUT2D eigenvalue weighted by Crippen LogP contribution is -2.22. The maximum atomic E-state index is 11.7. The lowest BCUT2D eigenvalue weighted by Gasteiger charge is -2.10. The summed E-state index contributed by atoms with van der Waals surface area (Å²) in [7, 11) is -3.33. The zero-order valence-electron chi connectivity index (χ0n) is 9.88. The maximum absolute atomic E-state index is 11.7. The van der Waals surface area contributed by atoms with Crippen molar-refractivity contribution in [3.8, 4) is 0 Å². The topological polar surface area (TPSA) is 74.6 Å². The first-order valence-corrected chi connectivity index (χ1v) is 7.86. The number of hydrogen-bond acceptors (Lipinski definition) is 4. The van der Waals surface area contributed by atoms with E-state index in [0.29, 0.717) is 5.02 Å². The van der Waals surface area contributed by atoms with E-state index in [2.05, 4.69) is 0 Å². The van der Waals surface area contributed by atoms with Crippen molar-refractivity contribution in [2.75, 3.05) is 19.5 Å². The number of rotatable bonds is 4. The molecule has 6 heteroatoms. The minimum Gasteiger partial charge on any atom is -0.396 e. The molecule has 2 N–H and O–H groups in total. The smallest absolute Gasteiger partial charge is 0.151 e.